The zero-order valence-corrected chi connectivity index (χ0v) is 10.3. The quantitative estimate of drug-likeness (QED) is 0.630. The third kappa shape index (κ3) is 1.54. The van der Waals surface area contributed by atoms with Gasteiger partial charge in [-0.1, -0.05) is 42.5 Å². The Kier molecular flexibility index (Phi) is 2.15. The van der Waals surface area contributed by atoms with Gasteiger partial charge >= 0.3 is 0 Å². The molecule has 19 heavy (non-hydrogen) atoms. The van der Waals surface area contributed by atoms with Crippen LogP contribution in [0.25, 0.3) is 27.6 Å². The molecule has 1 aliphatic heterocycles. The van der Waals surface area contributed by atoms with E-state index in [-0.39, 0.29) is 0 Å². The van der Waals surface area contributed by atoms with E-state index >= 15 is 0 Å². The minimum atomic E-state index is 1.04. The molecule has 1 aromatic heterocycles. The van der Waals surface area contributed by atoms with Gasteiger partial charge in [0, 0.05) is 34.6 Å². The first kappa shape index (κ1) is 10.3. The summed E-state index contributed by atoms with van der Waals surface area (Å²) in [5, 5.41) is 7.12. The van der Waals surface area contributed by atoms with Crippen LogP contribution in [0.3, 0.4) is 0 Å². The number of benzene rings is 2. The Bertz CT molecular complexity index is 956. The Morgan fingerprint density at radius 1 is 0.789 bits per heavy atom. The highest BCUT2D eigenvalue weighted by Crippen LogP contribution is 2.22. The number of fused-ring (bicyclic) bond motifs is 5. The van der Waals surface area contributed by atoms with E-state index in [9.17, 15) is 0 Å². The van der Waals surface area contributed by atoms with Crippen molar-refractivity contribution in [2.75, 3.05) is 0 Å². The van der Waals surface area contributed by atoms with Gasteiger partial charge in [-0.15, -0.1) is 0 Å². The van der Waals surface area contributed by atoms with Gasteiger partial charge in [0.1, 0.15) is 0 Å². The summed E-state index contributed by atoms with van der Waals surface area (Å²) in [5.41, 5.74) is 0. The number of rotatable bonds is 0. The van der Waals surface area contributed by atoms with Crippen molar-refractivity contribution in [1.82, 2.24) is 4.98 Å². The molecule has 4 rings (SSSR count). The lowest BCUT2D eigenvalue weighted by atomic mass is 10.0. The average molecular weight is 244 g/mol. The minimum Gasteiger partial charge on any atom is -0.366 e. The molecule has 1 aliphatic rings. The Hall–Kier alpha value is -2.61. The second kappa shape index (κ2) is 3.95. The summed E-state index contributed by atoms with van der Waals surface area (Å²) in [6.07, 6.45) is 14.0. The maximum absolute atomic E-state index is 4.59. The van der Waals surface area contributed by atoms with Crippen molar-refractivity contribution >= 4 is 27.6 Å². The maximum atomic E-state index is 4.59. The normalized spacial score (nSPS) is 20.6. The van der Waals surface area contributed by atoms with Gasteiger partial charge in [-0.2, -0.15) is 0 Å². The van der Waals surface area contributed by atoms with Crippen LogP contribution in [0.5, 0.6) is 0 Å². The standard InChI is InChI=1S/C17H12N2/c1-2-4-12-5-7-14-15(17(12)19-9-3-1)8-6-13-10-18-11-16(13)14/h1-11,18H/b2-1-,3-1?,4-2?,9-3-,12-4-,19-9?,19-17+. The number of hydrogen-bond donors (Lipinski definition) is 1. The first-order valence-electron chi connectivity index (χ1n) is 6.33. The van der Waals surface area contributed by atoms with Crippen molar-refractivity contribution in [2.45, 2.75) is 0 Å². The molecule has 2 nitrogen and oxygen atoms in total. The van der Waals surface area contributed by atoms with Crippen LogP contribution in [0.15, 0.2) is 66.1 Å². The molecule has 2 aromatic carbocycles. The molecule has 0 unspecified atom stereocenters. The second-order valence-corrected chi connectivity index (χ2v) is 4.64. The minimum absolute atomic E-state index is 1.04. The molecule has 0 aliphatic carbocycles. The van der Waals surface area contributed by atoms with E-state index in [1.807, 2.05) is 36.8 Å². The van der Waals surface area contributed by atoms with Gasteiger partial charge in [-0.25, -0.2) is 0 Å². The second-order valence-electron chi connectivity index (χ2n) is 4.64. The van der Waals surface area contributed by atoms with Crippen LogP contribution in [-0.2, 0) is 0 Å². The molecule has 0 radical (unpaired) electrons. The van der Waals surface area contributed by atoms with E-state index < -0.39 is 0 Å². The van der Waals surface area contributed by atoms with Gasteiger partial charge < -0.3 is 4.98 Å². The van der Waals surface area contributed by atoms with E-state index in [0.717, 1.165) is 10.6 Å². The largest absolute Gasteiger partial charge is 0.366 e. The molecular formula is C17H12N2. The fourth-order valence-corrected chi connectivity index (χ4v) is 2.62. The Labute approximate surface area is 110 Å². The van der Waals surface area contributed by atoms with Crippen LogP contribution in [0.4, 0.5) is 0 Å². The summed E-state index contributed by atoms with van der Waals surface area (Å²) in [6.45, 7) is 0. The van der Waals surface area contributed by atoms with Crippen LogP contribution >= 0.6 is 0 Å². The number of nitrogens with one attached hydrogen (secondary N) is 1. The summed E-state index contributed by atoms with van der Waals surface area (Å²) in [5.74, 6) is 0. The SMILES string of the molecule is C1=C\C=c2\ccc3c(ccc4c[nH]cc43)\c2=N\C=C/1. The topological polar surface area (TPSA) is 28.1 Å². The fraction of sp³-hybridized carbons (Fsp3) is 0. The maximum Gasteiger partial charge on any atom is 0.0780 e. The van der Waals surface area contributed by atoms with Gasteiger partial charge in [-0.3, -0.25) is 4.99 Å². The summed E-state index contributed by atoms with van der Waals surface area (Å²) in [7, 11) is 0. The molecule has 0 amide bonds. The number of hydrogen-bond acceptors (Lipinski definition) is 1. The fourth-order valence-electron chi connectivity index (χ4n) is 2.62. The van der Waals surface area contributed by atoms with Crippen LogP contribution in [0, 0.1) is 0 Å². The molecular weight excluding hydrogens is 232 g/mol. The smallest absolute Gasteiger partial charge is 0.0780 e. The summed E-state index contributed by atoms with van der Waals surface area (Å²) < 4.78 is 0. The van der Waals surface area contributed by atoms with Crippen LogP contribution < -0.4 is 10.6 Å². The summed E-state index contributed by atoms with van der Waals surface area (Å²) >= 11 is 0. The third-order valence-electron chi connectivity index (χ3n) is 3.53. The highest BCUT2D eigenvalue weighted by atomic mass is 14.7. The third-order valence-corrected chi connectivity index (χ3v) is 3.53. The van der Waals surface area contributed by atoms with Crippen molar-refractivity contribution in [2.24, 2.45) is 4.99 Å². The Morgan fingerprint density at radius 2 is 1.74 bits per heavy atom. The Morgan fingerprint density at radius 3 is 2.74 bits per heavy atom. The molecule has 0 bridgehead atoms. The number of nitrogens with zero attached hydrogens (tertiary/aromatic N) is 1. The van der Waals surface area contributed by atoms with E-state index in [1.165, 1.54) is 21.5 Å². The molecule has 0 fully saturated rings. The zero-order valence-electron chi connectivity index (χ0n) is 10.3. The van der Waals surface area contributed by atoms with Crippen molar-refractivity contribution in [3.05, 3.63) is 71.7 Å². The lowest BCUT2D eigenvalue weighted by Crippen LogP contribution is -2.25. The van der Waals surface area contributed by atoms with E-state index in [4.69, 9.17) is 0 Å². The molecule has 2 heteroatoms. The molecule has 90 valence electrons. The number of aromatic amines is 1. The van der Waals surface area contributed by atoms with E-state index in [0.29, 0.717) is 0 Å². The van der Waals surface area contributed by atoms with Crippen molar-refractivity contribution in [3.8, 4) is 0 Å². The molecule has 0 saturated carbocycles. The first-order valence-corrected chi connectivity index (χ1v) is 6.33. The van der Waals surface area contributed by atoms with Crippen LogP contribution in [0.2, 0.25) is 0 Å². The first-order chi connectivity index (χ1) is 9.43. The predicted octanol–water partition coefficient (Wildman–Crippen LogP) is 2.80. The van der Waals surface area contributed by atoms with Gasteiger partial charge in [0.05, 0.1) is 5.36 Å². The molecule has 0 spiro atoms. The van der Waals surface area contributed by atoms with E-state index in [1.54, 1.807) is 0 Å². The monoisotopic (exact) mass is 244 g/mol. The molecule has 3 aromatic rings. The van der Waals surface area contributed by atoms with Crippen molar-refractivity contribution in [1.29, 1.82) is 0 Å². The number of allylic oxidation sites excluding steroid dienone is 3. The van der Waals surface area contributed by atoms with Crippen molar-refractivity contribution in [3.63, 3.8) is 0 Å². The summed E-state index contributed by atoms with van der Waals surface area (Å²) in [6, 6.07) is 8.61. The van der Waals surface area contributed by atoms with Gasteiger partial charge in [0.15, 0.2) is 0 Å². The average Bonchev–Trinajstić information content (AvgIpc) is 2.87. The Balaban J connectivity index is 2.28. The van der Waals surface area contributed by atoms with Gasteiger partial charge in [-0.05, 0) is 16.8 Å². The highest BCUT2D eigenvalue weighted by molar-refractivity contribution is 6.07. The van der Waals surface area contributed by atoms with Crippen LogP contribution in [-0.4, -0.2) is 4.98 Å². The molecule has 1 N–H and O–H groups in total. The molecule has 0 atom stereocenters. The number of H-pyrrole nitrogens is 1. The predicted molar refractivity (Wildman–Crippen MR) is 79.3 cm³/mol. The van der Waals surface area contributed by atoms with Gasteiger partial charge in [0.2, 0.25) is 0 Å². The van der Waals surface area contributed by atoms with E-state index in [2.05, 4.69) is 40.3 Å². The van der Waals surface area contributed by atoms with Crippen molar-refractivity contribution < 1.29 is 0 Å². The lowest BCUT2D eigenvalue weighted by Gasteiger charge is -2.01. The van der Waals surface area contributed by atoms with Crippen LogP contribution in [0.1, 0.15) is 0 Å². The lowest BCUT2D eigenvalue weighted by molar-refractivity contribution is 1.34. The zero-order chi connectivity index (χ0) is 12.7. The molecule has 0 saturated heterocycles. The van der Waals surface area contributed by atoms with Gasteiger partial charge in [0.25, 0.3) is 0 Å². The number of aromatic nitrogens is 1. The summed E-state index contributed by atoms with van der Waals surface area (Å²) in [4.78, 5) is 7.76. The highest BCUT2D eigenvalue weighted by Gasteiger charge is 2.03. The molecule has 2 heterocycles.